The Morgan fingerprint density at radius 1 is 1.06 bits per heavy atom. The Bertz CT molecular complexity index is 1180. The summed E-state index contributed by atoms with van der Waals surface area (Å²) in [5.41, 5.74) is -0.573. The fraction of sp³-hybridized carbons (Fsp3) is 0.412. The van der Waals surface area contributed by atoms with Crippen molar-refractivity contribution in [1.82, 2.24) is 9.13 Å². The summed E-state index contributed by atoms with van der Waals surface area (Å²) in [6.45, 7) is -0.981. The lowest BCUT2D eigenvalue weighted by Gasteiger charge is -2.28. The lowest BCUT2D eigenvalue weighted by atomic mass is 10.1. The average molecular weight is 506 g/mol. The number of aromatic nitrogens is 2. The molecule has 1 aliphatic heterocycles. The fourth-order valence-corrected chi connectivity index (χ4v) is 4.76. The largest absolute Gasteiger partial charge is 0.756 e. The molecule has 0 saturated carbocycles. The van der Waals surface area contributed by atoms with Crippen LogP contribution in [0.3, 0.4) is 0 Å². The van der Waals surface area contributed by atoms with Crippen molar-refractivity contribution in [3.05, 3.63) is 69.0 Å². The molecule has 1 aromatic carbocycles. The first-order chi connectivity index (χ1) is 15.4. The smallest absolute Gasteiger partial charge is 0.333 e. The van der Waals surface area contributed by atoms with Gasteiger partial charge in [0, 0.05) is 18.8 Å². The summed E-state index contributed by atoms with van der Waals surface area (Å²) in [7, 11) is -11.2. The maximum absolute atomic E-state index is 12.8. The number of benzene rings is 1. The van der Waals surface area contributed by atoms with E-state index in [1.54, 1.807) is 12.1 Å². The summed E-state index contributed by atoms with van der Waals surface area (Å²) in [5.74, 6) is 0. The number of phosphoric acid groups is 2. The van der Waals surface area contributed by atoms with E-state index in [1.165, 1.54) is 0 Å². The van der Waals surface area contributed by atoms with Crippen LogP contribution in [-0.4, -0.2) is 49.2 Å². The van der Waals surface area contributed by atoms with Crippen LogP contribution in [0.15, 0.2) is 52.2 Å². The molecule has 1 fully saturated rings. The topological polar surface area (TPSA) is 213 Å². The third-order valence-electron chi connectivity index (χ3n) is 4.77. The van der Waals surface area contributed by atoms with Gasteiger partial charge in [-0.1, -0.05) is 30.3 Å². The van der Waals surface area contributed by atoms with Crippen molar-refractivity contribution >= 4 is 15.6 Å². The average Bonchev–Trinajstić information content (AvgIpc) is 3.00. The molecule has 3 rings (SSSR count). The van der Waals surface area contributed by atoms with Crippen LogP contribution in [0.2, 0.25) is 0 Å². The van der Waals surface area contributed by atoms with E-state index in [0.717, 1.165) is 27.0 Å². The molecular formula is C17H20N2O12P2-2. The van der Waals surface area contributed by atoms with Crippen LogP contribution in [0.25, 0.3) is 0 Å². The van der Waals surface area contributed by atoms with Crippen LogP contribution < -0.4 is 21.0 Å². The molecule has 2 aromatic rings. The molecule has 0 bridgehead atoms. The van der Waals surface area contributed by atoms with E-state index in [0.29, 0.717) is 6.42 Å². The fourth-order valence-electron chi connectivity index (χ4n) is 3.23. The SMILES string of the molecule is O=c1ccn(C2OC(COP(=O)([O-])OP(=O)([O-])O)C(O)[C@@H]2O)c(=O)n1CCc1ccccc1. The van der Waals surface area contributed by atoms with Crippen LogP contribution in [-0.2, 0) is 35.7 Å². The molecule has 14 nitrogen and oxygen atoms in total. The minimum atomic E-state index is -5.66. The highest BCUT2D eigenvalue weighted by Gasteiger charge is 2.44. The van der Waals surface area contributed by atoms with Crippen LogP contribution in [0.4, 0.5) is 0 Å². The predicted octanol–water partition coefficient (Wildman–Crippen LogP) is -2.17. The minimum Gasteiger partial charge on any atom is -0.756 e. The van der Waals surface area contributed by atoms with Gasteiger partial charge in [0.15, 0.2) is 6.23 Å². The molecular weight excluding hydrogens is 486 g/mol. The monoisotopic (exact) mass is 506 g/mol. The molecule has 1 saturated heterocycles. The summed E-state index contributed by atoms with van der Waals surface area (Å²) in [6.07, 6.45) is -5.11. The van der Waals surface area contributed by atoms with Crippen molar-refractivity contribution in [3.63, 3.8) is 0 Å². The third-order valence-corrected chi connectivity index (χ3v) is 6.86. The summed E-state index contributed by atoms with van der Waals surface area (Å²) >= 11 is 0. The number of phosphoric ester groups is 1. The number of rotatable bonds is 9. The maximum Gasteiger partial charge on any atom is 0.333 e. The van der Waals surface area contributed by atoms with E-state index in [-0.39, 0.29) is 6.54 Å². The van der Waals surface area contributed by atoms with Gasteiger partial charge in [0.25, 0.3) is 21.2 Å². The maximum atomic E-state index is 12.8. The first-order valence-electron chi connectivity index (χ1n) is 9.46. The van der Waals surface area contributed by atoms with Crippen LogP contribution in [0.1, 0.15) is 11.8 Å². The highest BCUT2D eigenvalue weighted by Crippen LogP contribution is 2.52. The lowest BCUT2D eigenvalue weighted by molar-refractivity contribution is -0.242. The Morgan fingerprint density at radius 3 is 2.36 bits per heavy atom. The molecule has 3 N–H and O–H groups in total. The Balaban J connectivity index is 1.75. The van der Waals surface area contributed by atoms with Gasteiger partial charge in [-0.2, -0.15) is 0 Å². The standard InChI is InChI=1S/C17H22N2O12P2/c20-13-7-9-19(17(23)18(13)8-6-11-4-2-1-3-5-11)16-15(22)14(21)12(30-16)10-29-33(27,28)31-32(24,25)26/h1-5,7,9,12,14-16,21-22H,6,8,10H2,(H,27,28)(H2,24,25,26)/p-2/t12?,14?,15-,16?/m0/s1. The van der Waals surface area contributed by atoms with Gasteiger partial charge in [0.05, 0.1) is 6.61 Å². The molecule has 0 radical (unpaired) electrons. The van der Waals surface area contributed by atoms with E-state index in [1.807, 2.05) is 18.2 Å². The van der Waals surface area contributed by atoms with Gasteiger partial charge < -0.3 is 34.2 Å². The van der Waals surface area contributed by atoms with Gasteiger partial charge in [-0.25, -0.2) is 9.11 Å². The Labute approximate surface area is 186 Å². The van der Waals surface area contributed by atoms with Gasteiger partial charge in [0.2, 0.25) is 0 Å². The van der Waals surface area contributed by atoms with E-state index < -0.39 is 58.0 Å². The van der Waals surface area contributed by atoms with E-state index in [4.69, 9.17) is 9.63 Å². The van der Waals surface area contributed by atoms with Crippen molar-refractivity contribution in [1.29, 1.82) is 0 Å². The summed E-state index contributed by atoms with van der Waals surface area (Å²) < 4.78 is 36.8. The van der Waals surface area contributed by atoms with E-state index in [9.17, 15) is 38.7 Å². The second kappa shape index (κ2) is 10.1. The zero-order valence-electron chi connectivity index (χ0n) is 16.8. The third kappa shape index (κ3) is 6.55. The van der Waals surface area contributed by atoms with Crippen molar-refractivity contribution in [2.45, 2.75) is 37.5 Å². The van der Waals surface area contributed by atoms with Crippen LogP contribution >= 0.6 is 15.6 Å². The number of hydrogen-bond acceptors (Lipinski definition) is 11. The number of nitrogens with zero attached hydrogens (tertiary/aromatic N) is 2. The first kappa shape index (κ1) is 25.7. The van der Waals surface area contributed by atoms with E-state index >= 15 is 0 Å². The normalized spacial score (nSPS) is 26.6. The van der Waals surface area contributed by atoms with Gasteiger partial charge in [-0.15, -0.1) is 0 Å². The van der Waals surface area contributed by atoms with Crippen molar-refractivity contribution < 1.29 is 47.6 Å². The Morgan fingerprint density at radius 2 is 1.73 bits per heavy atom. The van der Waals surface area contributed by atoms with Gasteiger partial charge >= 0.3 is 5.69 Å². The number of hydrogen-bond donors (Lipinski definition) is 3. The summed E-state index contributed by atoms with van der Waals surface area (Å²) in [4.78, 5) is 55.5. The summed E-state index contributed by atoms with van der Waals surface area (Å²) in [6, 6.07) is 10.1. The van der Waals surface area contributed by atoms with Crippen LogP contribution in [0.5, 0.6) is 0 Å². The first-order valence-corrected chi connectivity index (χ1v) is 12.4. The molecule has 16 heteroatoms. The molecule has 0 spiro atoms. The molecule has 182 valence electrons. The highest BCUT2D eigenvalue weighted by atomic mass is 31.3. The number of aliphatic hydroxyl groups excluding tert-OH is 2. The zero-order valence-corrected chi connectivity index (χ0v) is 18.6. The van der Waals surface area contributed by atoms with Gasteiger partial charge in [-0.3, -0.25) is 23.1 Å². The zero-order chi connectivity index (χ0) is 24.4. The second-order valence-corrected chi connectivity index (χ2v) is 9.81. The van der Waals surface area contributed by atoms with Gasteiger partial charge in [0.1, 0.15) is 18.3 Å². The molecule has 6 atom stereocenters. The molecule has 33 heavy (non-hydrogen) atoms. The lowest BCUT2D eigenvalue weighted by Crippen LogP contribution is -2.43. The van der Waals surface area contributed by atoms with Gasteiger partial charge in [-0.05, 0) is 12.0 Å². The predicted molar refractivity (Wildman–Crippen MR) is 106 cm³/mol. The van der Waals surface area contributed by atoms with Crippen molar-refractivity contribution in [2.75, 3.05) is 6.61 Å². The second-order valence-electron chi connectivity index (χ2n) is 7.07. The number of aliphatic hydroxyl groups is 2. The highest BCUT2D eigenvalue weighted by molar-refractivity contribution is 7.59. The Kier molecular flexibility index (Phi) is 7.87. The minimum absolute atomic E-state index is 0.0214. The molecule has 0 aliphatic carbocycles. The van der Waals surface area contributed by atoms with Crippen molar-refractivity contribution in [2.24, 2.45) is 0 Å². The number of aryl methyl sites for hydroxylation is 1. The molecule has 0 amide bonds. The Hall–Kier alpha value is -1.96. The molecule has 2 heterocycles. The molecule has 1 aromatic heterocycles. The van der Waals surface area contributed by atoms with Crippen LogP contribution in [0, 0.1) is 0 Å². The molecule has 5 unspecified atom stereocenters. The van der Waals surface area contributed by atoms with E-state index in [2.05, 4.69) is 8.83 Å². The number of ether oxygens (including phenoxy) is 1. The summed E-state index contributed by atoms with van der Waals surface area (Å²) in [5, 5.41) is 20.4. The quantitative estimate of drug-likeness (QED) is 0.310. The van der Waals surface area contributed by atoms with Crippen molar-refractivity contribution in [3.8, 4) is 0 Å². The molecule has 1 aliphatic rings.